The van der Waals surface area contributed by atoms with Crippen LogP contribution in [0.1, 0.15) is 123 Å². The molecule has 0 fully saturated rings. The second kappa shape index (κ2) is 19.2. The van der Waals surface area contributed by atoms with Crippen molar-refractivity contribution in [2.24, 2.45) is 5.73 Å². The van der Waals surface area contributed by atoms with Crippen molar-refractivity contribution in [3.05, 3.63) is 0 Å². The molecule has 0 rings (SSSR count). The van der Waals surface area contributed by atoms with E-state index < -0.39 is 18.0 Å². The number of carbonyl (C=O) groups is 2. The first-order valence-electron chi connectivity index (χ1n) is 11.7. The van der Waals surface area contributed by atoms with E-state index >= 15 is 0 Å². The van der Waals surface area contributed by atoms with E-state index in [4.69, 9.17) is 10.5 Å². The van der Waals surface area contributed by atoms with Gasteiger partial charge in [-0.05, 0) is 32.1 Å². The smallest absolute Gasteiger partial charge is 0.323 e. The molecule has 0 aromatic heterocycles. The molecule has 28 heavy (non-hydrogen) atoms. The highest BCUT2D eigenvalue weighted by Gasteiger charge is 2.19. The minimum absolute atomic E-state index is 0.0696. The highest BCUT2D eigenvalue weighted by molar-refractivity contribution is 5.76. The van der Waals surface area contributed by atoms with Crippen LogP contribution in [-0.4, -0.2) is 24.1 Å². The Labute approximate surface area is 172 Å². The normalized spacial score (nSPS) is 13.2. The van der Waals surface area contributed by atoms with E-state index in [0.717, 1.165) is 32.1 Å². The Bertz CT molecular complexity index is 387. The van der Waals surface area contributed by atoms with Crippen LogP contribution in [0.3, 0.4) is 0 Å². The molecular weight excluding hydrogens is 354 g/mol. The molecule has 5 heteroatoms. The Morgan fingerprint density at radius 2 is 1.21 bits per heavy atom. The molecule has 2 N–H and O–H groups in total. The van der Waals surface area contributed by atoms with Gasteiger partial charge in [-0.25, -0.2) is 0 Å². The number of ether oxygens (including phenoxy) is 1. The molecule has 0 radical (unpaired) electrons. The lowest BCUT2D eigenvalue weighted by atomic mass is 10.0. The third kappa shape index (κ3) is 17.0. The zero-order valence-corrected chi connectivity index (χ0v) is 18.4. The van der Waals surface area contributed by atoms with Crippen molar-refractivity contribution < 1.29 is 19.4 Å². The first kappa shape index (κ1) is 26.9. The molecule has 0 aromatic rings. The zero-order valence-electron chi connectivity index (χ0n) is 18.4. The van der Waals surface area contributed by atoms with Crippen LogP contribution in [0.4, 0.5) is 0 Å². The van der Waals surface area contributed by atoms with Gasteiger partial charge in [0.25, 0.3) is 0 Å². The topological polar surface area (TPSA) is 92.5 Å². The fraction of sp³-hybridized carbons (Fsp3) is 0.913. The largest absolute Gasteiger partial charge is 0.550 e. The standard InChI is InChI=1S/C23H45NO4/c1-3-5-7-8-9-10-11-12-13-14-15-17-20(16-6-4-2)28-23(27)21(24)18-19-22(25)26/h20-21H,3-19,24H2,1-2H3,(H,25,26)/p-1/t20?,21-/m1/s1. The van der Waals surface area contributed by atoms with Crippen LogP contribution < -0.4 is 10.8 Å². The summed E-state index contributed by atoms with van der Waals surface area (Å²) in [6, 6.07) is -0.876. The molecule has 0 aromatic carbocycles. The van der Waals surface area contributed by atoms with Crippen molar-refractivity contribution in [1.82, 2.24) is 0 Å². The Kier molecular flexibility index (Phi) is 18.5. The van der Waals surface area contributed by atoms with Gasteiger partial charge >= 0.3 is 5.97 Å². The molecule has 0 heterocycles. The Balaban J connectivity index is 3.87. The summed E-state index contributed by atoms with van der Waals surface area (Å²) >= 11 is 0. The zero-order chi connectivity index (χ0) is 21.0. The number of hydrogen-bond donors (Lipinski definition) is 1. The van der Waals surface area contributed by atoms with E-state index in [1.807, 2.05) is 0 Å². The van der Waals surface area contributed by atoms with Crippen molar-refractivity contribution in [3.8, 4) is 0 Å². The number of hydrogen-bond acceptors (Lipinski definition) is 5. The highest BCUT2D eigenvalue weighted by atomic mass is 16.5. The second-order valence-corrected chi connectivity index (χ2v) is 8.04. The van der Waals surface area contributed by atoms with Crippen LogP contribution in [0.25, 0.3) is 0 Å². The molecule has 0 aliphatic rings. The molecule has 0 aliphatic heterocycles. The summed E-state index contributed by atoms with van der Waals surface area (Å²) in [5, 5.41) is 10.5. The first-order chi connectivity index (χ1) is 13.5. The molecule has 0 bridgehead atoms. The van der Waals surface area contributed by atoms with Crippen LogP contribution in [0.2, 0.25) is 0 Å². The van der Waals surface area contributed by atoms with Gasteiger partial charge < -0.3 is 20.4 Å². The van der Waals surface area contributed by atoms with Gasteiger partial charge in [-0.1, -0.05) is 90.9 Å². The van der Waals surface area contributed by atoms with E-state index in [1.54, 1.807) is 0 Å². The lowest BCUT2D eigenvalue weighted by Crippen LogP contribution is -2.36. The monoisotopic (exact) mass is 398 g/mol. The van der Waals surface area contributed by atoms with E-state index in [1.165, 1.54) is 64.2 Å². The van der Waals surface area contributed by atoms with Crippen LogP contribution >= 0.6 is 0 Å². The predicted molar refractivity (Wildman–Crippen MR) is 113 cm³/mol. The average Bonchev–Trinajstić information content (AvgIpc) is 2.67. The molecule has 166 valence electrons. The number of unbranched alkanes of at least 4 members (excludes halogenated alkanes) is 11. The predicted octanol–water partition coefficient (Wildman–Crippen LogP) is 4.65. The molecule has 5 nitrogen and oxygen atoms in total. The quantitative estimate of drug-likeness (QED) is 0.238. The van der Waals surface area contributed by atoms with Gasteiger partial charge in [-0.2, -0.15) is 0 Å². The van der Waals surface area contributed by atoms with E-state index in [2.05, 4.69) is 13.8 Å². The van der Waals surface area contributed by atoms with E-state index in [0.29, 0.717) is 0 Å². The van der Waals surface area contributed by atoms with Crippen molar-refractivity contribution in [3.63, 3.8) is 0 Å². The lowest BCUT2D eigenvalue weighted by molar-refractivity contribution is -0.305. The summed E-state index contributed by atoms with van der Waals surface area (Å²) in [6.07, 6.45) is 17.8. The Hall–Kier alpha value is -1.10. The molecule has 0 saturated heterocycles. The lowest BCUT2D eigenvalue weighted by Gasteiger charge is -2.20. The van der Waals surface area contributed by atoms with Gasteiger partial charge in [0.05, 0.1) is 0 Å². The number of carboxylic acids is 1. The van der Waals surface area contributed by atoms with Gasteiger partial charge in [0.15, 0.2) is 0 Å². The van der Waals surface area contributed by atoms with Crippen molar-refractivity contribution in [1.29, 1.82) is 0 Å². The average molecular weight is 399 g/mol. The van der Waals surface area contributed by atoms with Crippen molar-refractivity contribution in [2.75, 3.05) is 0 Å². The van der Waals surface area contributed by atoms with Crippen LogP contribution in [0.15, 0.2) is 0 Å². The van der Waals surface area contributed by atoms with Gasteiger partial charge in [0.1, 0.15) is 12.1 Å². The highest BCUT2D eigenvalue weighted by Crippen LogP contribution is 2.17. The maximum absolute atomic E-state index is 12.1. The molecule has 0 spiro atoms. The van der Waals surface area contributed by atoms with E-state index in [-0.39, 0.29) is 18.9 Å². The summed E-state index contributed by atoms with van der Waals surface area (Å²) in [5.41, 5.74) is 5.74. The molecular formula is C23H44NO4-. The summed E-state index contributed by atoms with van der Waals surface area (Å²) < 4.78 is 5.56. The third-order valence-corrected chi connectivity index (χ3v) is 5.25. The Morgan fingerprint density at radius 3 is 1.71 bits per heavy atom. The minimum Gasteiger partial charge on any atom is -0.550 e. The van der Waals surface area contributed by atoms with Gasteiger partial charge in [-0.15, -0.1) is 0 Å². The number of nitrogens with two attached hydrogens (primary N) is 1. The molecule has 0 aliphatic carbocycles. The minimum atomic E-state index is -1.19. The summed E-state index contributed by atoms with van der Waals surface area (Å²) in [4.78, 5) is 22.6. The van der Waals surface area contributed by atoms with Crippen molar-refractivity contribution in [2.45, 2.75) is 135 Å². The molecule has 2 atom stereocenters. The van der Waals surface area contributed by atoms with E-state index in [9.17, 15) is 14.7 Å². The summed E-state index contributed by atoms with van der Waals surface area (Å²) in [5.74, 6) is -1.67. The number of aliphatic carboxylic acids is 1. The number of carboxylic acid groups (broad SMARTS) is 1. The van der Waals surface area contributed by atoms with Gasteiger partial charge in [0, 0.05) is 5.97 Å². The number of carbonyl (C=O) groups excluding carboxylic acids is 2. The summed E-state index contributed by atoms with van der Waals surface area (Å²) in [6.45, 7) is 4.37. The molecule has 0 amide bonds. The summed E-state index contributed by atoms with van der Waals surface area (Å²) in [7, 11) is 0. The van der Waals surface area contributed by atoms with Gasteiger partial charge in [0.2, 0.25) is 0 Å². The third-order valence-electron chi connectivity index (χ3n) is 5.25. The maximum atomic E-state index is 12.1. The SMILES string of the molecule is CCCCCCCCCCCCCC(CCCC)OC(=O)[C@H](N)CCC(=O)[O-]. The molecule has 0 saturated carbocycles. The number of rotatable bonds is 20. The fourth-order valence-electron chi connectivity index (χ4n) is 3.37. The first-order valence-corrected chi connectivity index (χ1v) is 11.7. The van der Waals surface area contributed by atoms with Crippen LogP contribution in [0, 0.1) is 0 Å². The second-order valence-electron chi connectivity index (χ2n) is 8.04. The molecule has 1 unspecified atom stereocenters. The Morgan fingerprint density at radius 1 is 0.750 bits per heavy atom. The van der Waals surface area contributed by atoms with Crippen LogP contribution in [0.5, 0.6) is 0 Å². The fourth-order valence-corrected chi connectivity index (χ4v) is 3.37. The van der Waals surface area contributed by atoms with Crippen LogP contribution in [-0.2, 0) is 14.3 Å². The maximum Gasteiger partial charge on any atom is 0.323 e. The number of esters is 1. The van der Waals surface area contributed by atoms with Crippen molar-refractivity contribution >= 4 is 11.9 Å². The van der Waals surface area contributed by atoms with Gasteiger partial charge in [-0.3, -0.25) is 4.79 Å².